The van der Waals surface area contributed by atoms with Gasteiger partial charge < -0.3 is 15.1 Å². The second kappa shape index (κ2) is 8.09. The van der Waals surface area contributed by atoms with Crippen molar-refractivity contribution in [3.05, 3.63) is 85.5 Å². The first-order valence-electron chi connectivity index (χ1n) is 8.64. The third-order valence-electron chi connectivity index (χ3n) is 4.65. The van der Waals surface area contributed by atoms with Gasteiger partial charge >= 0.3 is 0 Å². The molecule has 0 spiro atoms. The Bertz CT molecular complexity index is 1060. The second-order valence-corrected chi connectivity index (χ2v) is 6.37. The zero-order valence-corrected chi connectivity index (χ0v) is 15.3. The molecule has 2 aromatic rings. The van der Waals surface area contributed by atoms with Crippen molar-refractivity contribution in [3.63, 3.8) is 0 Å². The molecule has 0 saturated carbocycles. The quantitative estimate of drug-likeness (QED) is 0.238. The highest BCUT2D eigenvalue weighted by molar-refractivity contribution is 6.46. The van der Waals surface area contributed by atoms with E-state index in [1.54, 1.807) is 0 Å². The summed E-state index contributed by atoms with van der Waals surface area (Å²) in [5, 5.41) is 41.7. The minimum absolute atomic E-state index is 0.0783. The summed E-state index contributed by atoms with van der Waals surface area (Å²) < 4.78 is 0. The molecule has 2 aromatic carbocycles. The molecular weight excluding hydrogens is 398 g/mol. The number of nitro groups is 2. The topological polar surface area (TPSA) is 164 Å². The number of β-amino-alcohol motifs (C(OH)–C–C–N with tert-alkyl or cyclic N) is 1. The Labute approximate surface area is 168 Å². The van der Waals surface area contributed by atoms with E-state index >= 15 is 0 Å². The van der Waals surface area contributed by atoms with Crippen LogP contribution in [-0.2, 0) is 9.59 Å². The molecule has 1 unspecified atom stereocenters. The van der Waals surface area contributed by atoms with Gasteiger partial charge in [0.1, 0.15) is 5.76 Å². The SMILES string of the molecule is O=C1C(=O)N(CCO)C(c2ccc([N+](=O)[O-])cc2)/C1=C(\O)c1ccc([N+](=O)[O-])cc1. The summed E-state index contributed by atoms with van der Waals surface area (Å²) in [7, 11) is 0. The van der Waals surface area contributed by atoms with Crippen LogP contribution in [0.3, 0.4) is 0 Å². The van der Waals surface area contributed by atoms with Crippen LogP contribution >= 0.6 is 0 Å². The first kappa shape index (κ1) is 20.6. The summed E-state index contributed by atoms with van der Waals surface area (Å²) in [6, 6.07) is 8.75. The molecule has 0 radical (unpaired) electrons. The van der Waals surface area contributed by atoms with E-state index in [2.05, 4.69) is 0 Å². The number of carbonyl (C=O) groups excluding carboxylic acids is 2. The van der Waals surface area contributed by atoms with Gasteiger partial charge in [0.25, 0.3) is 23.1 Å². The number of Topliss-reactive ketones (excluding diaryl/α,β-unsaturated/α-hetero) is 1. The fourth-order valence-corrected chi connectivity index (χ4v) is 3.24. The maximum Gasteiger partial charge on any atom is 0.295 e. The average Bonchev–Trinajstić information content (AvgIpc) is 2.98. The molecule has 0 bridgehead atoms. The fraction of sp³-hybridized carbons (Fsp3) is 0.158. The molecule has 1 heterocycles. The van der Waals surface area contributed by atoms with Crippen molar-refractivity contribution < 1.29 is 29.6 Å². The highest BCUT2D eigenvalue weighted by Gasteiger charge is 2.45. The van der Waals surface area contributed by atoms with Gasteiger partial charge in [0, 0.05) is 36.4 Å². The maximum atomic E-state index is 12.6. The van der Waals surface area contributed by atoms with E-state index in [1.807, 2.05) is 0 Å². The predicted octanol–water partition coefficient (Wildman–Crippen LogP) is 1.92. The van der Waals surface area contributed by atoms with Crippen LogP contribution in [-0.4, -0.2) is 49.8 Å². The summed E-state index contributed by atoms with van der Waals surface area (Å²) in [4.78, 5) is 46.6. The number of hydrogen-bond acceptors (Lipinski definition) is 8. The molecule has 0 aliphatic carbocycles. The van der Waals surface area contributed by atoms with E-state index in [-0.39, 0.29) is 29.1 Å². The van der Waals surface area contributed by atoms with E-state index in [9.17, 15) is 40.0 Å². The van der Waals surface area contributed by atoms with Crippen molar-refractivity contribution in [2.24, 2.45) is 0 Å². The van der Waals surface area contributed by atoms with Gasteiger partial charge in [-0.05, 0) is 29.8 Å². The lowest BCUT2D eigenvalue weighted by Gasteiger charge is -2.24. The maximum absolute atomic E-state index is 12.6. The average molecular weight is 413 g/mol. The lowest BCUT2D eigenvalue weighted by atomic mass is 9.95. The van der Waals surface area contributed by atoms with Gasteiger partial charge in [-0.15, -0.1) is 0 Å². The van der Waals surface area contributed by atoms with E-state index in [0.29, 0.717) is 5.56 Å². The molecule has 0 aromatic heterocycles. The van der Waals surface area contributed by atoms with Gasteiger partial charge in [0.15, 0.2) is 0 Å². The minimum atomic E-state index is -1.09. The Kier molecular flexibility index (Phi) is 5.56. The molecule has 1 atom stereocenters. The van der Waals surface area contributed by atoms with E-state index in [0.717, 1.165) is 17.0 Å². The number of non-ortho nitro benzene ring substituents is 2. The molecule has 11 heteroatoms. The Hall–Kier alpha value is -4.12. The van der Waals surface area contributed by atoms with Gasteiger partial charge in [0.2, 0.25) is 0 Å². The van der Waals surface area contributed by atoms with Gasteiger partial charge in [-0.2, -0.15) is 0 Å². The molecule has 11 nitrogen and oxygen atoms in total. The van der Waals surface area contributed by atoms with E-state index in [1.165, 1.54) is 36.4 Å². The van der Waals surface area contributed by atoms with Crippen molar-refractivity contribution in [2.75, 3.05) is 13.2 Å². The standard InChI is InChI=1S/C19H15N3O8/c23-10-9-20-16(11-1-5-13(6-2-11)21(27)28)15(18(25)19(20)26)17(24)12-3-7-14(8-4-12)22(29)30/h1-8,16,23-24H,9-10H2/b17-15+. The van der Waals surface area contributed by atoms with Crippen molar-refractivity contribution in [1.82, 2.24) is 4.90 Å². The molecule has 1 saturated heterocycles. The number of aliphatic hydroxyl groups excluding tert-OH is 2. The van der Waals surface area contributed by atoms with Crippen molar-refractivity contribution in [3.8, 4) is 0 Å². The first-order valence-corrected chi connectivity index (χ1v) is 8.64. The monoisotopic (exact) mass is 413 g/mol. The number of amides is 1. The summed E-state index contributed by atoms with van der Waals surface area (Å²) in [6.45, 7) is -0.655. The van der Waals surface area contributed by atoms with Gasteiger partial charge in [-0.3, -0.25) is 29.8 Å². The first-order chi connectivity index (χ1) is 14.3. The molecule has 30 heavy (non-hydrogen) atoms. The number of aliphatic hydroxyl groups is 2. The Morgan fingerprint density at radius 3 is 1.90 bits per heavy atom. The van der Waals surface area contributed by atoms with Gasteiger partial charge in [0.05, 0.1) is 28.1 Å². The smallest absolute Gasteiger partial charge is 0.295 e. The van der Waals surface area contributed by atoms with Crippen LogP contribution in [0.1, 0.15) is 17.2 Å². The predicted molar refractivity (Wildman–Crippen MR) is 102 cm³/mol. The number of nitro benzene ring substituents is 2. The molecular formula is C19H15N3O8. The number of nitrogens with zero attached hydrogens (tertiary/aromatic N) is 3. The van der Waals surface area contributed by atoms with E-state index in [4.69, 9.17) is 0 Å². The molecule has 1 aliphatic heterocycles. The van der Waals surface area contributed by atoms with Crippen LogP contribution in [0, 0.1) is 20.2 Å². The molecule has 1 amide bonds. The lowest BCUT2D eigenvalue weighted by Crippen LogP contribution is -2.32. The van der Waals surface area contributed by atoms with Crippen LogP contribution < -0.4 is 0 Å². The zero-order valence-electron chi connectivity index (χ0n) is 15.3. The van der Waals surface area contributed by atoms with Crippen molar-refractivity contribution in [1.29, 1.82) is 0 Å². The molecule has 2 N–H and O–H groups in total. The number of ketones is 1. The number of hydrogen-bond donors (Lipinski definition) is 2. The van der Waals surface area contributed by atoms with Gasteiger partial charge in [-0.1, -0.05) is 0 Å². The third-order valence-corrected chi connectivity index (χ3v) is 4.65. The Morgan fingerprint density at radius 1 is 0.933 bits per heavy atom. The fourth-order valence-electron chi connectivity index (χ4n) is 3.24. The van der Waals surface area contributed by atoms with Crippen LogP contribution in [0.4, 0.5) is 11.4 Å². The van der Waals surface area contributed by atoms with Crippen molar-refractivity contribution in [2.45, 2.75) is 6.04 Å². The molecule has 1 fully saturated rings. The number of rotatable bonds is 6. The number of likely N-dealkylation sites (tertiary alicyclic amines) is 1. The summed E-state index contributed by atoms with van der Waals surface area (Å²) in [5.41, 5.74) is -0.310. The Morgan fingerprint density at radius 2 is 1.43 bits per heavy atom. The molecule has 154 valence electrons. The zero-order chi connectivity index (χ0) is 22.0. The normalized spacial score (nSPS) is 17.9. The number of benzene rings is 2. The summed E-state index contributed by atoms with van der Waals surface area (Å²) in [6.07, 6.45) is 0. The van der Waals surface area contributed by atoms with Crippen LogP contribution in [0.15, 0.2) is 54.1 Å². The molecule has 3 rings (SSSR count). The third kappa shape index (κ3) is 3.61. The van der Waals surface area contributed by atoms with Crippen molar-refractivity contribution >= 4 is 28.8 Å². The Balaban J connectivity index is 2.14. The number of carbonyl (C=O) groups is 2. The largest absolute Gasteiger partial charge is 0.507 e. The van der Waals surface area contributed by atoms with Gasteiger partial charge in [-0.25, -0.2) is 0 Å². The highest BCUT2D eigenvalue weighted by atomic mass is 16.6. The molecule has 1 aliphatic rings. The summed E-state index contributed by atoms with van der Waals surface area (Å²) >= 11 is 0. The van der Waals surface area contributed by atoms with E-state index < -0.39 is 39.9 Å². The van der Waals surface area contributed by atoms with Crippen LogP contribution in [0.2, 0.25) is 0 Å². The summed E-state index contributed by atoms with van der Waals surface area (Å²) in [5.74, 6) is -2.49. The van der Waals surface area contributed by atoms with Crippen LogP contribution in [0.5, 0.6) is 0 Å². The van der Waals surface area contributed by atoms with Crippen LogP contribution in [0.25, 0.3) is 5.76 Å². The lowest BCUT2D eigenvalue weighted by molar-refractivity contribution is -0.385. The second-order valence-electron chi connectivity index (χ2n) is 6.37. The minimum Gasteiger partial charge on any atom is -0.507 e. The highest BCUT2D eigenvalue weighted by Crippen LogP contribution is 2.39.